The molecule has 0 radical (unpaired) electrons. The summed E-state index contributed by atoms with van der Waals surface area (Å²) < 4.78 is 32.2. The van der Waals surface area contributed by atoms with Crippen molar-refractivity contribution in [1.29, 1.82) is 0 Å². The lowest BCUT2D eigenvalue weighted by Gasteiger charge is -2.30. The zero-order chi connectivity index (χ0) is 33.6. The van der Waals surface area contributed by atoms with E-state index in [0.717, 1.165) is 17.7 Å². The van der Waals surface area contributed by atoms with Crippen molar-refractivity contribution in [1.82, 2.24) is 15.5 Å². The number of esters is 1. The number of amides is 4. The molecule has 1 unspecified atom stereocenters. The number of ether oxygens (including phenoxy) is 6. The van der Waals surface area contributed by atoms with Gasteiger partial charge in [-0.2, -0.15) is 0 Å². The van der Waals surface area contributed by atoms with Crippen LogP contribution in [-0.2, 0) is 42.9 Å². The largest absolute Gasteiger partial charge is 0.483 e. The van der Waals surface area contributed by atoms with Crippen molar-refractivity contribution in [3.63, 3.8) is 0 Å². The highest BCUT2D eigenvalue weighted by Crippen LogP contribution is 2.25. The monoisotopic (exact) mass is 651 g/mol. The third-order valence-electron chi connectivity index (χ3n) is 6.65. The highest BCUT2D eigenvalue weighted by atomic mass is 16.6. The van der Waals surface area contributed by atoms with Crippen LogP contribution in [0.4, 0.5) is 0 Å². The van der Waals surface area contributed by atoms with E-state index in [-0.39, 0.29) is 55.3 Å². The average molecular weight is 652 g/mol. The molecule has 0 bridgehead atoms. The Kier molecular flexibility index (Phi) is 18.8. The van der Waals surface area contributed by atoms with Gasteiger partial charge in [-0.05, 0) is 18.9 Å². The number of unbranched alkanes of at least 4 members (excludes halogenated alkanes) is 1. The fourth-order valence-corrected chi connectivity index (χ4v) is 4.14. The molecule has 0 saturated carbocycles. The molecule has 0 aromatic heterocycles. The number of hydrogen-bond acceptors (Lipinski definition) is 12. The zero-order valence-corrected chi connectivity index (χ0v) is 26.5. The minimum absolute atomic E-state index is 0.00792. The number of aldehydes is 1. The van der Waals surface area contributed by atoms with Crippen LogP contribution in [0, 0.1) is 0 Å². The molecule has 1 aliphatic heterocycles. The second-order valence-corrected chi connectivity index (χ2v) is 10.1. The van der Waals surface area contributed by atoms with Crippen molar-refractivity contribution in [2.75, 3.05) is 79.7 Å². The Labute approximate surface area is 268 Å². The molecule has 256 valence electrons. The fourth-order valence-electron chi connectivity index (χ4n) is 4.14. The van der Waals surface area contributed by atoms with E-state index in [1.54, 1.807) is 0 Å². The number of likely N-dealkylation sites (N-methyl/N-ethyl adjacent to an activating group) is 1. The van der Waals surface area contributed by atoms with Crippen molar-refractivity contribution in [3.05, 3.63) is 29.3 Å². The van der Waals surface area contributed by atoms with E-state index < -0.39 is 36.3 Å². The minimum Gasteiger partial charge on any atom is -0.483 e. The molecule has 1 heterocycles. The molecule has 15 heteroatoms. The van der Waals surface area contributed by atoms with E-state index in [9.17, 15) is 28.8 Å². The predicted octanol–water partition coefficient (Wildman–Crippen LogP) is 0.671. The van der Waals surface area contributed by atoms with Gasteiger partial charge in [-0.3, -0.25) is 34.1 Å². The number of rotatable bonds is 24. The number of piperidine rings is 1. The van der Waals surface area contributed by atoms with Crippen LogP contribution in [0.25, 0.3) is 0 Å². The summed E-state index contributed by atoms with van der Waals surface area (Å²) >= 11 is 0. The second-order valence-electron chi connectivity index (χ2n) is 10.1. The summed E-state index contributed by atoms with van der Waals surface area (Å²) in [7, 11) is 1.40. The van der Waals surface area contributed by atoms with E-state index in [2.05, 4.69) is 10.6 Å². The number of carbonyl (C=O) groups excluding carboxylic acids is 6. The quantitative estimate of drug-likeness (QED) is 0.0690. The highest BCUT2D eigenvalue weighted by Gasteiger charge is 2.34. The lowest BCUT2D eigenvalue weighted by atomic mass is 10.0. The van der Waals surface area contributed by atoms with Gasteiger partial charge in [0.15, 0.2) is 12.9 Å². The van der Waals surface area contributed by atoms with Crippen LogP contribution in [0.15, 0.2) is 18.2 Å². The molecule has 0 aliphatic carbocycles. The Bertz CT molecular complexity index is 1150. The number of imide groups is 1. The number of hydrogen-bond donors (Lipinski definition) is 2. The van der Waals surface area contributed by atoms with Crippen molar-refractivity contribution >= 4 is 35.9 Å². The molecule has 15 nitrogen and oxygen atoms in total. The molecule has 46 heavy (non-hydrogen) atoms. The van der Waals surface area contributed by atoms with Gasteiger partial charge in [0.05, 0.1) is 71.4 Å². The van der Waals surface area contributed by atoms with Crippen LogP contribution in [0.5, 0.6) is 5.75 Å². The topological polar surface area (TPSA) is 185 Å². The fraction of sp³-hybridized carbons (Fsp3) is 0.613. The van der Waals surface area contributed by atoms with Gasteiger partial charge in [-0.15, -0.1) is 0 Å². The van der Waals surface area contributed by atoms with Crippen molar-refractivity contribution in [2.24, 2.45) is 0 Å². The Balaban J connectivity index is 1.55. The first-order valence-corrected chi connectivity index (χ1v) is 15.3. The van der Waals surface area contributed by atoms with Gasteiger partial charge in [0, 0.05) is 25.6 Å². The lowest BCUT2D eigenvalue weighted by Crippen LogP contribution is -2.53. The van der Waals surface area contributed by atoms with Gasteiger partial charge in [-0.25, -0.2) is 0 Å². The van der Waals surface area contributed by atoms with Gasteiger partial charge in [0.2, 0.25) is 11.8 Å². The molecular formula is C31H45N3O12. The number of benzene rings is 1. The Morgan fingerprint density at radius 1 is 0.957 bits per heavy atom. The summed E-state index contributed by atoms with van der Waals surface area (Å²) in [5.41, 5.74) is -0.0528. The van der Waals surface area contributed by atoms with Crippen LogP contribution in [0.3, 0.4) is 0 Å². The summed E-state index contributed by atoms with van der Waals surface area (Å²) in [6.45, 7) is 4.94. The molecule has 1 aromatic rings. The van der Waals surface area contributed by atoms with Gasteiger partial charge in [0.1, 0.15) is 11.8 Å². The molecule has 1 aliphatic rings. The first-order valence-electron chi connectivity index (χ1n) is 15.3. The van der Waals surface area contributed by atoms with Crippen LogP contribution in [0.2, 0.25) is 0 Å². The number of nitrogens with one attached hydrogen (secondary N) is 2. The molecule has 2 N–H and O–H groups in total. The molecule has 2 rings (SSSR count). The summed E-state index contributed by atoms with van der Waals surface area (Å²) in [4.78, 5) is 73.5. The van der Waals surface area contributed by atoms with E-state index in [4.69, 9.17) is 28.4 Å². The van der Waals surface area contributed by atoms with Crippen molar-refractivity contribution < 1.29 is 57.2 Å². The van der Waals surface area contributed by atoms with Gasteiger partial charge in [-0.1, -0.05) is 25.5 Å². The molecule has 0 spiro atoms. The summed E-state index contributed by atoms with van der Waals surface area (Å²) in [5, 5.41) is 4.83. The average Bonchev–Trinajstić information content (AvgIpc) is 3.04. The van der Waals surface area contributed by atoms with E-state index in [1.165, 1.54) is 25.2 Å². The Morgan fingerprint density at radius 3 is 2.24 bits per heavy atom. The summed E-state index contributed by atoms with van der Waals surface area (Å²) in [6.07, 6.45) is 2.77. The third kappa shape index (κ3) is 14.5. The molecule has 4 amide bonds. The number of carbonyl (C=O) groups is 6. The minimum atomic E-state index is -0.893. The maximum Gasteiger partial charge on any atom is 0.308 e. The SMILES string of the molecule is CCCCOC(=O)CCOCCOCCOCCOCCNC(=O)COc1cccc(C=O)c1C(=O)N(C)C1CCC(=O)NC1=O. The molecule has 1 atom stereocenters. The van der Waals surface area contributed by atoms with Crippen molar-refractivity contribution in [3.8, 4) is 5.75 Å². The van der Waals surface area contributed by atoms with Crippen molar-refractivity contribution in [2.45, 2.75) is 45.1 Å². The van der Waals surface area contributed by atoms with Gasteiger partial charge >= 0.3 is 5.97 Å². The van der Waals surface area contributed by atoms with Crippen LogP contribution >= 0.6 is 0 Å². The Morgan fingerprint density at radius 2 is 1.61 bits per heavy atom. The maximum atomic E-state index is 13.3. The molecule has 1 aromatic carbocycles. The number of nitrogens with zero attached hydrogens (tertiary/aromatic N) is 1. The zero-order valence-electron chi connectivity index (χ0n) is 26.5. The van der Waals surface area contributed by atoms with Crippen LogP contribution in [-0.4, -0.2) is 126 Å². The second kappa shape index (κ2) is 22.6. The van der Waals surface area contributed by atoms with Crippen LogP contribution in [0.1, 0.15) is 59.7 Å². The standard InChI is InChI=1S/C31H45N3O12/c1-3-4-12-45-28(38)10-13-41-15-17-43-19-20-44-18-16-42-14-11-32-27(37)22-46-25-7-5-6-23(21-35)29(25)31(40)34(2)24-8-9-26(36)33-30(24)39/h5-7,21,24H,3-4,8-20,22H2,1-2H3,(H,32,37)(H,33,36,39). The first kappa shape index (κ1) is 38.3. The van der Waals surface area contributed by atoms with E-state index in [1.807, 2.05) is 6.92 Å². The summed E-state index contributed by atoms with van der Waals surface area (Å²) in [5.74, 6) is -2.40. The van der Waals surface area contributed by atoms with Gasteiger partial charge in [0.25, 0.3) is 11.8 Å². The van der Waals surface area contributed by atoms with E-state index >= 15 is 0 Å². The van der Waals surface area contributed by atoms with Gasteiger partial charge < -0.3 is 38.6 Å². The van der Waals surface area contributed by atoms with E-state index in [0.29, 0.717) is 59.1 Å². The highest BCUT2D eigenvalue weighted by molar-refractivity contribution is 6.07. The molecule has 1 fully saturated rings. The Hall–Kier alpha value is -3.92. The third-order valence-corrected chi connectivity index (χ3v) is 6.65. The first-order chi connectivity index (χ1) is 22.3. The predicted molar refractivity (Wildman–Crippen MR) is 162 cm³/mol. The van der Waals surface area contributed by atoms with Crippen LogP contribution < -0.4 is 15.4 Å². The normalized spacial score (nSPS) is 14.3. The maximum absolute atomic E-state index is 13.3. The molecule has 1 saturated heterocycles. The lowest BCUT2D eigenvalue weighted by molar-refractivity contribution is -0.145. The molecular weight excluding hydrogens is 606 g/mol. The smallest absolute Gasteiger partial charge is 0.308 e. The summed E-state index contributed by atoms with van der Waals surface area (Å²) in [6, 6.07) is 3.49.